The Morgan fingerprint density at radius 3 is 3.05 bits per heavy atom. The minimum Gasteiger partial charge on any atom is -0.324 e. The Kier molecular flexibility index (Phi) is 3.02. The highest BCUT2D eigenvalue weighted by molar-refractivity contribution is 7.71. The quantitative estimate of drug-likeness (QED) is 0.744. The lowest BCUT2D eigenvalue weighted by Gasteiger charge is -2.04. The maximum Gasteiger partial charge on any atom is 0.215 e. The van der Waals surface area contributed by atoms with E-state index in [1.807, 2.05) is 0 Å². The summed E-state index contributed by atoms with van der Waals surface area (Å²) in [6, 6.07) is 4.72. The summed E-state index contributed by atoms with van der Waals surface area (Å²) in [5.41, 5.74) is 2.33. The number of hydrogen-bond donors (Lipinski definition) is 1. The van der Waals surface area contributed by atoms with Crippen LogP contribution < -0.4 is 0 Å². The van der Waals surface area contributed by atoms with Gasteiger partial charge in [-0.1, -0.05) is 13.3 Å². The highest BCUT2D eigenvalue weighted by Crippen LogP contribution is 2.26. The first-order chi connectivity index (χ1) is 9.20. The molecule has 1 aromatic carbocycles. The minimum absolute atomic E-state index is 0.272. The van der Waals surface area contributed by atoms with Crippen LogP contribution in [0.25, 0.3) is 22.1 Å². The molecule has 0 saturated heterocycles. The van der Waals surface area contributed by atoms with Gasteiger partial charge in [0.2, 0.25) is 4.77 Å². The molecule has 0 bridgehead atoms. The van der Waals surface area contributed by atoms with Crippen LogP contribution in [-0.4, -0.2) is 19.7 Å². The van der Waals surface area contributed by atoms with Gasteiger partial charge in [0.1, 0.15) is 11.3 Å². The number of benzene rings is 1. The van der Waals surface area contributed by atoms with Crippen molar-refractivity contribution in [3.05, 3.63) is 28.8 Å². The molecule has 0 radical (unpaired) electrons. The Hall–Kier alpha value is -1.82. The summed E-state index contributed by atoms with van der Waals surface area (Å²) in [4.78, 5) is 4.33. The molecule has 0 saturated carbocycles. The summed E-state index contributed by atoms with van der Waals surface area (Å²) in [5.74, 6) is -0.272. The Morgan fingerprint density at radius 2 is 2.26 bits per heavy atom. The molecule has 2 aromatic heterocycles. The molecule has 19 heavy (non-hydrogen) atoms. The van der Waals surface area contributed by atoms with Gasteiger partial charge >= 0.3 is 0 Å². The van der Waals surface area contributed by atoms with Crippen LogP contribution in [0, 0.1) is 10.6 Å². The number of H-pyrrole nitrogens is 1. The van der Waals surface area contributed by atoms with Gasteiger partial charge in [0.05, 0.1) is 5.52 Å². The summed E-state index contributed by atoms with van der Waals surface area (Å²) in [5, 5.41) is 7.64. The first kappa shape index (κ1) is 12.2. The molecule has 4 nitrogen and oxygen atoms in total. The van der Waals surface area contributed by atoms with Crippen molar-refractivity contribution in [2.45, 2.75) is 26.3 Å². The summed E-state index contributed by atoms with van der Waals surface area (Å²) < 4.78 is 15.8. The maximum absolute atomic E-state index is 13.4. The van der Waals surface area contributed by atoms with E-state index in [0.29, 0.717) is 10.3 Å². The fourth-order valence-electron chi connectivity index (χ4n) is 2.29. The average Bonchev–Trinajstić information content (AvgIpc) is 2.69. The standard InChI is InChI=1S/C13H13FN4S/c1-2-3-6-18-10-5-4-8(14)7-9(10)11-12(18)15-13(19)17-16-11/h4-5,7H,2-3,6H2,1H3,(H,15,17,19). The van der Waals surface area contributed by atoms with Crippen molar-refractivity contribution < 1.29 is 4.39 Å². The summed E-state index contributed by atoms with van der Waals surface area (Å²) in [6.07, 6.45) is 2.11. The third-order valence-electron chi connectivity index (χ3n) is 3.18. The van der Waals surface area contributed by atoms with Crippen LogP contribution in [0.4, 0.5) is 4.39 Å². The molecule has 1 N–H and O–H groups in total. The smallest absolute Gasteiger partial charge is 0.215 e. The van der Waals surface area contributed by atoms with Crippen molar-refractivity contribution in [2.24, 2.45) is 0 Å². The third kappa shape index (κ3) is 2.02. The molecule has 2 heterocycles. The van der Waals surface area contributed by atoms with Crippen LogP contribution >= 0.6 is 12.2 Å². The molecule has 0 unspecified atom stereocenters. The van der Waals surface area contributed by atoms with E-state index in [-0.39, 0.29) is 5.82 Å². The van der Waals surface area contributed by atoms with Crippen molar-refractivity contribution in [3.63, 3.8) is 0 Å². The van der Waals surface area contributed by atoms with Crippen molar-refractivity contribution in [3.8, 4) is 0 Å². The van der Waals surface area contributed by atoms with Crippen LogP contribution in [0.3, 0.4) is 0 Å². The number of nitrogens with one attached hydrogen (secondary N) is 1. The van der Waals surface area contributed by atoms with Crippen LogP contribution in [0.2, 0.25) is 0 Å². The van der Waals surface area contributed by atoms with Crippen LogP contribution in [0.1, 0.15) is 19.8 Å². The second-order valence-corrected chi connectivity index (χ2v) is 4.87. The van der Waals surface area contributed by atoms with Crippen molar-refractivity contribution >= 4 is 34.3 Å². The number of halogens is 1. The average molecular weight is 276 g/mol. The first-order valence-corrected chi connectivity index (χ1v) is 6.65. The molecule has 0 fully saturated rings. The zero-order chi connectivity index (χ0) is 13.4. The van der Waals surface area contributed by atoms with E-state index in [1.165, 1.54) is 12.1 Å². The normalized spacial score (nSPS) is 11.5. The number of nitrogens with zero attached hydrogens (tertiary/aromatic N) is 3. The molecular formula is C13H13FN4S. The van der Waals surface area contributed by atoms with Gasteiger partial charge in [0, 0.05) is 11.9 Å². The molecule has 6 heteroatoms. The summed E-state index contributed by atoms with van der Waals surface area (Å²) in [6.45, 7) is 2.96. The van der Waals surface area contributed by atoms with Gasteiger partial charge in [-0.25, -0.2) is 4.39 Å². The summed E-state index contributed by atoms with van der Waals surface area (Å²) >= 11 is 5.03. The first-order valence-electron chi connectivity index (χ1n) is 6.25. The molecule has 0 spiro atoms. The number of fused-ring (bicyclic) bond motifs is 3. The Morgan fingerprint density at radius 1 is 1.42 bits per heavy atom. The molecule has 0 amide bonds. The molecular weight excluding hydrogens is 263 g/mol. The van der Waals surface area contributed by atoms with Gasteiger partial charge in [-0.3, -0.25) is 5.10 Å². The van der Waals surface area contributed by atoms with E-state index >= 15 is 0 Å². The van der Waals surface area contributed by atoms with Gasteiger partial charge in [0.25, 0.3) is 0 Å². The molecule has 0 aliphatic carbocycles. The lowest BCUT2D eigenvalue weighted by atomic mass is 10.2. The lowest BCUT2D eigenvalue weighted by molar-refractivity contribution is 0.628. The largest absolute Gasteiger partial charge is 0.324 e. The fraction of sp³-hybridized carbons (Fsp3) is 0.308. The SMILES string of the molecule is CCCCn1c2ccc(F)cc2c2n[nH]c(=S)nc21. The van der Waals surface area contributed by atoms with Gasteiger partial charge < -0.3 is 4.57 Å². The van der Waals surface area contributed by atoms with E-state index < -0.39 is 0 Å². The summed E-state index contributed by atoms with van der Waals surface area (Å²) in [7, 11) is 0. The topological polar surface area (TPSA) is 46.5 Å². The van der Waals surface area contributed by atoms with Crippen LogP contribution in [0.5, 0.6) is 0 Å². The Labute approximate surface area is 114 Å². The molecule has 98 valence electrons. The van der Waals surface area contributed by atoms with Crippen molar-refractivity contribution in [1.29, 1.82) is 0 Å². The number of rotatable bonds is 3. The second kappa shape index (κ2) is 4.70. The molecule has 3 rings (SSSR count). The Bertz CT molecular complexity index is 805. The molecule has 0 atom stereocenters. The van der Waals surface area contributed by atoms with Gasteiger partial charge in [0.15, 0.2) is 5.65 Å². The zero-order valence-corrected chi connectivity index (χ0v) is 11.3. The van der Waals surface area contributed by atoms with E-state index in [1.54, 1.807) is 6.07 Å². The van der Waals surface area contributed by atoms with E-state index in [0.717, 1.165) is 35.9 Å². The Balaban J connectivity index is 2.39. The van der Waals surface area contributed by atoms with Crippen molar-refractivity contribution in [2.75, 3.05) is 0 Å². The zero-order valence-electron chi connectivity index (χ0n) is 10.5. The van der Waals surface area contributed by atoms with E-state index in [9.17, 15) is 4.39 Å². The van der Waals surface area contributed by atoms with E-state index in [4.69, 9.17) is 12.2 Å². The molecule has 0 aliphatic rings. The third-order valence-corrected chi connectivity index (χ3v) is 3.36. The number of unbranched alkanes of at least 4 members (excludes halogenated alkanes) is 1. The monoisotopic (exact) mass is 276 g/mol. The number of aryl methyl sites for hydroxylation is 1. The predicted molar refractivity (Wildman–Crippen MR) is 75.1 cm³/mol. The van der Waals surface area contributed by atoms with E-state index in [2.05, 4.69) is 26.7 Å². The lowest BCUT2D eigenvalue weighted by Crippen LogP contribution is -1.99. The molecule has 3 aromatic rings. The maximum atomic E-state index is 13.4. The highest BCUT2D eigenvalue weighted by Gasteiger charge is 2.13. The number of aromatic nitrogens is 4. The predicted octanol–water partition coefficient (Wildman–Crippen LogP) is 3.58. The van der Waals surface area contributed by atoms with Crippen LogP contribution in [-0.2, 0) is 6.54 Å². The fourth-order valence-corrected chi connectivity index (χ4v) is 2.42. The minimum atomic E-state index is -0.272. The second-order valence-electron chi connectivity index (χ2n) is 4.48. The van der Waals surface area contributed by atoms with Gasteiger partial charge in [-0.05, 0) is 36.8 Å². The molecule has 0 aliphatic heterocycles. The van der Waals surface area contributed by atoms with Crippen molar-refractivity contribution in [1.82, 2.24) is 19.7 Å². The number of hydrogen-bond acceptors (Lipinski definition) is 3. The van der Waals surface area contributed by atoms with Crippen LogP contribution in [0.15, 0.2) is 18.2 Å². The number of aromatic amines is 1. The van der Waals surface area contributed by atoms with Gasteiger partial charge in [-0.2, -0.15) is 10.1 Å². The highest BCUT2D eigenvalue weighted by atomic mass is 32.1. The van der Waals surface area contributed by atoms with Gasteiger partial charge in [-0.15, -0.1) is 0 Å².